The largest absolute Gasteiger partial charge is 0.454 e. The van der Waals surface area contributed by atoms with E-state index in [0.29, 0.717) is 5.69 Å². The molecule has 1 aliphatic heterocycles. The molecule has 164 valence electrons. The summed E-state index contributed by atoms with van der Waals surface area (Å²) in [5.41, 5.74) is 2.76. The smallest absolute Gasteiger partial charge is 0.330 e. The number of imide groups is 1. The Hall–Kier alpha value is -2.96. The number of rotatable bonds is 6. The summed E-state index contributed by atoms with van der Waals surface area (Å²) in [7, 11) is 0. The summed E-state index contributed by atoms with van der Waals surface area (Å²) >= 11 is 0. The van der Waals surface area contributed by atoms with Gasteiger partial charge in [-0.15, -0.1) is 0 Å². The monoisotopic (exact) mass is 424 g/mol. The van der Waals surface area contributed by atoms with Gasteiger partial charge in [0.2, 0.25) is 11.8 Å². The van der Waals surface area contributed by atoms with Crippen molar-refractivity contribution >= 4 is 29.4 Å². The van der Waals surface area contributed by atoms with Gasteiger partial charge in [0.1, 0.15) is 6.04 Å². The highest BCUT2D eigenvalue weighted by atomic mass is 16.5. The maximum Gasteiger partial charge on any atom is 0.330 e. The molecular weight excluding hydrogens is 396 g/mol. The SMILES string of the molecule is Cc1ccc(NC(=O)COC(=O)[C@@H](C(C)C)N2C(=O)[C@@H]3[C@H](C2=O)[C@H]2C=C[C@H]3C2)cc1C. The Labute approximate surface area is 181 Å². The number of ether oxygens (including phenoxy) is 1. The molecule has 3 aliphatic rings. The Bertz CT molecular complexity index is 952. The lowest BCUT2D eigenvalue weighted by atomic mass is 9.85. The van der Waals surface area contributed by atoms with Gasteiger partial charge in [0.25, 0.3) is 5.91 Å². The molecule has 0 radical (unpaired) electrons. The van der Waals surface area contributed by atoms with Crippen LogP contribution in [0.1, 0.15) is 31.4 Å². The van der Waals surface area contributed by atoms with Gasteiger partial charge < -0.3 is 10.1 Å². The quantitative estimate of drug-likeness (QED) is 0.431. The second kappa shape index (κ2) is 7.94. The molecule has 2 bridgehead atoms. The standard InChI is InChI=1S/C24H28N2O5/c1-12(2)21(26-22(28)19-15-6-7-16(10-15)20(19)23(26)29)24(30)31-11-18(27)25-17-8-5-13(3)14(4)9-17/h5-9,12,15-16,19-21H,10-11H2,1-4H3,(H,25,27)/t15-,16-,19-,20+,21+/m0/s1. The molecule has 31 heavy (non-hydrogen) atoms. The number of nitrogens with zero attached hydrogens (tertiary/aromatic N) is 1. The maximum atomic E-state index is 13.1. The van der Waals surface area contributed by atoms with E-state index in [-0.39, 0.29) is 41.4 Å². The van der Waals surface area contributed by atoms with Crippen LogP contribution in [0.4, 0.5) is 5.69 Å². The van der Waals surface area contributed by atoms with Crippen LogP contribution in [0, 0.1) is 43.4 Å². The lowest BCUT2D eigenvalue weighted by Crippen LogP contribution is -2.50. The fraction of sp³-hybridized carbons (Fsp3) is 0.500. The van der Waals surface area contributed by atoms with Crippen LogP contribution < -0.4 is 5.32 Å². The fourth-order valence-corrected chi connectivity index (χ4v) is 5.11. The number of fused-ring (bicyclic) bond motifs is 5. The number of amides is 3. The average molecular weight is 424 g/mol. The van der Waals surface area contributed by atoms with Gasteiger partial charge in [0.15, 0.2) is 6.61 Å². The van der Waals surface area contributed by atoms with Crippen molar-refractivity contribution in [3.05, 3.63) is 41.5 Å². The van der Waals surface area contributed by atoms with Crippen LogP contribution in [0.2, 0.25) is 0 Å². The van der Waals surface area contributed by atoms with E-state index in [2.05, 4.69) is 5.32 Å². The third-order valence-electron chi connectivity index (χ3n) is 6.79. The third-order valence-corrected chi connectivity index (χ3v) is 6.79. The number of carbonyl (C=O) groups excluding carboxylic acids is 4. The van der Waals surface area contributed by atoms with Gasteiger partial charge in [-0.25, -0.2) is 4.79 Å². The van der Waals surface area contributed by atoms with E-state index < -0.39 is 24.5 Å². The first kappa shape index (κ1) is 21.3. The Morgan fingerprint density at radius 1 is 1.06 bits per heavy atom. The third kappa shape index (κ3) is 3.66. The maximum absolute atomic E-state index is 13.1. The average Bonchev–Trinajstić information content (AvgIpc) is 3.39. The van der Waals surface area contributed by atoms with Crippen LogP contribution in [-0.4, -0.2) is 41.2 Å². The molecule has 1 N–H and O–H groups in total. The van der Waals surface area contributed by atoms with Crippen molar-refractivity contribution in [1.29, 1.82) is 0 Å². The number of carbonyl (C=O) groups is 4. The Kier molecular flexibility index (Phi) is 5.45. The Balaban J connectivity index is 1.41. The number of benzene rings is 1. The Morgan fingerprint density at radius 3 is 2.23 bits per heavy atom. The van der Waals surface area contributed by atoms with E-state index in [9.17, 15) is 19.2 Å². The summed E-state index contributed by atoms with van der Waals surface area (Å²) in [6, 6.07) is 4.49. The fourth-order valence-electron chi connectivity index (χ4n) is 5.11. The van der Waals surface area contributed by atoms with Gasteiger partial charge >= 0.3 is 5.97 Å². The molecule has 0 spiro atoms. The lowest BCUT2D eigenvalue weighted by Gasteiger charge is -2.28. The molecule has 0 aromatic heterocycles. The lowest BCUT2D eigenvalue weighted by molar-refractivity contribution is -0.162. The molecule has 7 heteroatoms. The molecule has 1 saturated heterocycles. The summed E-state index contributed by atoms with van der Waals surface area (Å²) in [5.74, 6) is -2.70. The number of likely N-dealkylation sites (tertiary alicyclic amines) is 1. The van der Waals surface area contributed by atoms with E-state index in [1.807, 2.05) is 38.1 Å². The van der Waals surface area contributed by atoms with Crippen molar-refractivity contribution in [3.8, 4) is 0 Å². The molecule has 4 rings (SSSR count). The van der Waals surface area contributed by atoms with Crippen molar-refractivity contribution in [3.63, 3.8) is 0 Å². The molecule has 1 aromatic rings. The van der Waals surface area contributed by atoms with Crippen LogP contribution in [0.5, 0.6) is 0 Å². The minimum Gasteiger partial charge on any atom is -0.454 e. The zero-order chi connectivity index (χ0) is 22.4. The predicted molar refractivity (Wildman–Crippen MR) is 114 cm³/mol. The molecule has 7 nitrogen and oxygen atoms in total. The topological polar surface area (TPSA) is 92.8 Å². The number of anilines is 1. The molecule has 3 amide bonds. The zero-order valence-electron chi connectivity index (χ0n) is 18.3. The van der Waals surface area contributed by atoms with Crippen LogP contribution in [0.3, 0.4) is 0 Å². The van der Waals surface area contributed by atoms with E-state index in [1.165, 1.54) is 0 Å². The number of hydrogen-bond donors (Lipinski definition) is 1. The highest BCUT2D eigenvalue weighted by Crippen LogP contribution is 2.53. The van der Waals surface area contributed by atoms with Crippen molar-refractivity contribution in [2.24, 2.45) is 29.6 Å². The number of nitrogens with one attached hydrogen (secondary N) is 1. The van der Waals surface area contributed by atoms with Crippen molar-refractivity contribution in [2.45, 2.75) is 40.2 Å². The van der Waals surface area contributed by atoms with Crippen LogP contribution in [0.25, 0.3) is 0 Å². The normalized spacial score (nSPS) is 27.1. The molecule has 0 unspecified atom stereocenters. The summed E-state index contributed by atoms with van der Waals surface area (Å²) in [5, 5.41) is 2.70. The molecule has 2 fully saturated rings. The highest BCUT2D eigenvalue weighted by Gasteiger charge is 2.61. The summed E-state index contributed by atoms with van der Waals surface area (Å²) in [4.78, 5) is 52.3. The second-order valence-corrected chi connectivity index (χ2v) is 9.19. The highest BCUT2D eigenvalue weighted by molar-refractivity contribution is 6.09. The zero-order valence-corrected chi connectivity index (χ0v) is 18.3. The minimum absolute atomic E-state index is 0.0732. The van der Waals surface area contributed by atoms with Crippen molar-refractivity contribution < 1.29 is 23.9 Å². The molecule has 5 atom stereocenters. The van der Waals surface area contributed by atoms with Gasteiger partial charge in [-0.2, -0.15) is 0 Å². The first-order valence-electron chi connectivity index (χ1n) is 10.8. The molecule has 2 aliphatic carbocycles. The number of hydrogen-bond acceptors (Lipinski definition) is 5. The van der Waals surface area contributed by atoms with E-state index in [4.69, 9.17) is 4.74 Å². The van der Waals surface area contributed by atoms with Crippen LogP contribution >= 0.6 is 0 Å². The molecule has 1 aromatic carbocycles. The van der Waals surface area contributed by atoms with Gasteiger partial charge in [-0.3, -0.25) is 19.3 Å². The van der Waals surface area contributed by atoms with Gasteiger partial charge in [0.05, 0.1) is 11.8 Å². The summed E-state index contributed by atoms with van der Waals surface area (Å²) < 4.78 is 5.24. The molecular formula is C24H28N2O5. The van der Waals surface area contributed by atoms with E-state index >= 15 is 0 Å². The predicted octanol–water partition coefficient (Wildman–Crippen LogP) is 2.62. The van der Waals surface area contributed by atoms with Gasteiger partial charge in [0, 0.05) is 5.69 Å². The molecule has 1 heterocycles. The number of esters is 1. The first-order valence-corrected chi connectivity index (χ1v) is 10.8. The van der Waals surface area contributed by atoms with Crippen molar-refractivity contribution in [2.75, 3.05) is 11.9 Å². The number of aryl methyl sites for hydroxylation is 2. The van der Waals surface area contributed by atoms with Crippen LogP contribution in [-0.2, 0) is 23.9 Å². The van der Waals surface area contributed by atoms with Gasteiger partial charge in [-0.05, 0) is 61.3 Å². The van der Waals surface area contributed by atoms with Crippen molar-refractivity contribution in [1.82, 2.24) is 4.90 Å². The van der Waals surface area contributed by atoms with E-state index in [0.717, 1.165) is 22.4 Å². The van der Waals surface area contributed by atoms with Gasteiger partial charge in [-0.1, -0.05) is 32.1 Å². The second-order valence-electron chi connectivity index (χ2n) is 9.19. The van der Waals surface area contributed by atoms with E-state index in [1.54, 1.807) is 19.9 Å². The minimum atomic E-state index is -1.03. The van der Waals surface area contributed by atoms with Crippen LogP contribution in [0.15, 0.2) is 30.4 Å². The first-order chi connectivity index (χ1) is 14.7. The summed E-state index contributed by atoms with van der Waals surface area (Å²) in [6.07, 6.45) is 4.86. The molecule has 1 saturated carbocycles. The summed E-state index contributed by atoms with van der Waals surface area (Å²) in [6.45, 7) is 6.97. The number of allylic oxidation sites excluding steroid dienone is 2. The Morgan fingerprint density at radius 2 is 1.68 bits per heavy atom.